The van der Waals surface area contributed by atoms with Gasteiger partial charge in [-0.2, -0.15) is 0 Å². The summed E-state index contributed by atoms with van der Waals surface area (Å²) in [5, 5.41) is 2.84. The predicted molar refractivity (Wildman–Crippen MR) is 94.8 cm³/mol. The molecular formula is C20H21NO4. The first kappa shape index (κ1) is 17.0. The Morgan fingerprint density at radius 1 is 1.04 bits per heavy atom. The lowest BCUT2D eigenvalue weighted by molar-refractivity contribution is -0.117. The Balaban J connectivity index is 1.46. The van der Waals surface area contributed by atoms with Crippen molar-refractivity contribution in [2.45, 2.75) is 19.3 Å². The van der Waals surface area contributed by atoms with Crippen LogP contribution in [0.15, 0.2) is 48.5 Å². The van der Waals surface area contributed by atoms with E-state index in [1.807, 2.05) is 24.3 Å². The first-order chi connectivity index (χ1) is 12.2. The van der Waals surface area contributed by atoms with Gasteiger partial charge in [-0.1, -0.05) is 12.1 Å². The highest BCUT2D eigenvalue weighted by Gasteiger charge is 2.29. The van der Waals surface area contributed by atoms with Crippen LogP contribution in [0.25, 0.3) is 0 Å². The van der Waals surface area contributed by atoms with Gasteiger partial charge in [-0.3, -0.25) is 4.79 Å². The van der Waals surface area contributed by atoms with Crippen molar-refractivity contribution in [3.05, 3.63) is 59.7 Å². The lowest BCUT2D eigenvalue weighted by Crippen LogP contribution is -2.13. The molecule has 5 heteroatoms. The third-order valence-corrected chi connectivity index (χ3v) is 4.12. The highest BCUT2D eigenvalue weighted by atomic mass is 16.5. The average Bonchev–Trinajstić information content (AvgIpc) is 3.48. The van der Waals surface area contributed by atoms with Crippen LogP contribution in [0.5, 0.6) is 5.75 Å². The molecule has 0 bridgehead atoms. The molecule has 2 aromatic rings. The molecule has 0 heterocycles. The fraction of sp³-hybridized carbons (Fsp3) is 0.300. The van der Waals surface area contributed by atoms with E-state index in [2.05, 4.69) is 5.32 Å². The molecule has 0 aromatic heterocycles. The summed E-state index contributed by atoms with van der Waals surface area (Å²) in [6.45, 7) is 0.311. The molecule has 5 nitrogen and oxygen atoms in total. The van der Waals surface area contributed by atoms with Gasteiger partial charge in [-0.05, 0) is 54.8 Å². The normalized spacial score (nSPS) is 13.2. The van der Waals surface area contributed by atoms with Crippen molar-refractivity contribution in [1.29, 1.82) is 0 Å². The lowest BCUT2D eigenvalue weighted by Gasteiger charge is -2.07. The second-order valence-electron chi connectivity index (χ2n) is 6.07. The van der Waals surface area contributed by atoms with E-state index >= 15 is 0 Å². The second kappa shape index (κ2) is 7.83. The maximum Gasteiger partial charge on any atom is 0.338 e. The minimum Gasteiger partial charge on any atom is -0.497 e. The van der Waals surface area contributed by atoms with Gasteiger partial charge in [0.05, 0.1) is 19.3 Å². The lowest BCUT2D eigenvalue weighted by atomic mass is 10.1. The standard InChI is InChI=1S/C20H21NO4/c1-24-18-10-2-14(3-11-18)12-13-25-20(23)16-6-8-17(9-7-16)21-19(22)15-4-5-15/h2-3,6-11,15H,4-5,12-13H2,1H3,(H,21,22). The molecule has 0 aliphatic heterocycles. The number of rotatable bonds is 7. The quantitative estimate of drug-likeness (QED) is 0.785. The van der Waals surface area contributed by atoms with Crippen LogP contribution in [-0.2, 0) is 16.0 Å². The fourth-order valence-electron chi connectivity index (χ4n) is 2.42. The van der Waals surface area contributed by atoms with Crippen LogP contribution >= 0.6 is 0 Å². The third-order valence-electron chi connectivity index (χ3n) is 4.12. The molecule has 1 N–H and O–H groups in total. The number of nitrogens with one attached hydrogen (secondary N) is 1. The monoisotopic (exact) mass is 339 g/mol. The Bertz CT molecular complexity index is 733. The molecule has 0 atom stereocenters. The SMILES string of the molecule is COc1ccc(CCOC(=O)c2ccc(NC(=O)C3CC3)cc2)cc1. The number of carbonyl (C=O) groups excluding carboxylic acids is 2. The molecule has 1 amide bonds. The van der Waals surface area contributed by atoms with E-state index < -0.39 is 0 Å². The summed E-state index contributed by atoms with van der Waals surface area (Å²) < 4.78 is 10.4. The zero-order valence-electron chi connectivity index (χ0n) is 14.2. The van der Waals surface area contributed by atoms with Gasteiger partial charge >= 0.3 is 5.97 Å². The summed E-state index contributed by atoms with van der Waals surface area (Å²) in [7, 11) is 1.62. The molecular weight excluding hydrogens is 318 g/mol. The summed E-state index contributed by atoms with van der Waals surface area (Å²) in [5.41, 5.74) is 2.25. The first-order valence-corrected chi connectivity index (χ1v) is 8.36. The number of benzene rings is 2. The molecule has 0 radical (unpaired) electrons. The number of methoxy groups -OCH3 is 1. The summed E-state index contributed by atoms with van der Waals surface area (Å²) in [4.78, 5) is 23.8. The smallest absolute Gasteiger partial charge is 0.338 e. The number of hydrogen-bond donors (Lipinski definition) is 1. The molecule has 1 fully saturated rings. The zero-order chi connectivity index (χ0) is 17.6. The van der Waals surface area contributed by atoms with Crippen molar-refractivity contribution in [3.8, 4) is 5.75 Å². The van der Waals surface area contributed by atoms with Crippen molar-refractivity contribution in [3.63, 3.8) is 0 Å². The van der Waals surface area contributed by atoms with E-state index in [4.69, 9.17) is 9.47 Å². The van der Waals surface area contributed by atoms with E-state index in [9.17, 15) is 9.59 Å². The van der Waals surface area contributed by atoms with Crippen LogP contribution in [0.2, 0.25) is 0 Å². The molecule has 2 aromatic carbocycles. The van der Waals surface area contributed by atoms with Gasteiger partial charge in [0.1, 0.15) is 5.75 Å². The van der Waals surface area contributed by atoms with Gasteiger partial charge in [-0.15, -0.1) is 0 Å². The second-order valence-corrected chi connectivity index (χ2v) is 6.07. The van der Waals surface area contributed by atoms with Crippen LogP contribution in [0.3, 0.4) is 0 Å². The highest BCUT2D eigenvalue weighted by molar-refractivity contribution is 5.95. The van der Waals surface area contributed by atoms with E-state index in [1.54, 1.807) is 31.4 Å². The van der Waals surface area contributed by atoms with Crippen molar-refractivity contribution in [1.82, 2.24) is 0 Å². The Labute approximate surface area is 147 Å². The number of amides is 1. The summed E-state index contributed by atoms with van der Waals surface area (Å²) >= 11 is 0. The van der Waals surface area contributed by atoms with Gasteiger partial charge in [-0.25, -0.2) is 4.79 Å². The minimum absolute atomic E-state index is 0.0508. The number of ether oxygens (including phenoxy) is 2. The largest absolute Gasteiger partial charge is 0.497 e. The molecule has 1 aliphatic rings. The highest BCUT2D eigenvalue weighted by Crippen LogP contribution is 2.30. The number of esters is 1. The van der Waals surface area contributed by atoms with Crippen molar-refractivity contribution < 1.29 is 19.1 Å². The van der Waals surface area contributed by atoms with Gasteiger partial charge in [0.15, 0.2) is 0 Å². The van der Waals surface area contributed by atoms with Crippen LogP contribution in [0.4, 0.5) is 5.69 Å². The third kappa shape index (κ3) is 4.83. The van der Waals surface area contributed by atoms with E-state index in [0.717, 1.165) is 24.2 Å². The number of carbonyl (C=O) groups is 2. The maximum absolute atomic E-state index is 12.1. The van der Waals surface area contributed by atoms with Crippen molar-refractivity contribution in [2.24, 2.45) is 5.92 Å². The molecule has 1 aliphatic carbocycles. The Morgan fingerprint density at radius 3 is 2.32 bits per heavy atom. The molecule has 25 heavy (non-hydrogen) atoms. The zero-order valence-corrected chi connectivity index (χ0v) is 14.2. The summed E-state index contributed by atoms with van der Waals surface area (Å²) in [5.74, 6) is 0.639. The van der Waals surface area contributed by atoms with Crippen molar-refractivity contribution in [2.75, 3.05) is 19.0 Å². The van der Waals surface area contributed by atoms with E-state index in [1.165, 1.54) is 0 Å². The van der Waals surface area contributed by atoms with Crippen LogP contribution < -0.4 is 10.1 Å². The van der Waals surface area contributed by atoms with Crippen molar-refractivity contribution >= 4 is 17.6 Å². The van der Waals surface area contributed by atoms with E-state index in [-0.39, 0.29) is 17.8 Å². The summed E-state index contributed by atoms with van der Waals surface area (Å²) in [6.07, 6.45) is 2.57. The molecule has 0 spiro atoms. The topological polar surface area (TPSA) is 64.6 Å². The Morgan fingerprint density at radius 2 is 1.72 bits per heavy atom. The minimum atomic E-state index is -0.367. The molecule has 1 saturated carbocycles. The van der Waals surface area contributed by atoms with Crippen LogP contribution in [0, 0.1) is 5.92 Å². The fourth-order valence-corrected chi connectivity index (χ4v) is 2.42. The van der Waals surface area contributed by atoms with Crippen LogP contribution in [0.1, 0.15) is 28.8 Å². The average molecular weight is 339 g/mol. The number of anilines is 1. The van der Waals surface area contributed by atoms with Gasteiger partial charge in [0.25, 0.3) is 0 Å². The molecule has 0 unspecified atom stereocenters. The van der Waals surface area contributed by atoms with Gasteiger partial charge in [0.2, 0.25) is 5.91 Å². The summed E-state index contributed by atoms with van der Waals surface area (Å²) in [6, 6.07) is 14.4. The number of hydrogen-bond acceptors (Lipinski definition) is 4. The van der Waals surface area contributed by atoms with Crippen LogP contribution in [-0.4, -0.2) is 25.6 Å². The maximum atomic E-state index is 12.1. The Hall–Kier alpha value is -2.82. The van der Waals surface area contributed by atoms with Gasteiger partial charge in [0, 0.05) is 18.0 Å². The predicted octanol–water partition coefficient (Wildman–Crippen LogP) is 3.44. The Kier molecular flexibility index (Phi) is 5.33. The van der Waals surface area contributed by atoms with E-state index in [0.29, 0.717) is 24.3 Å². The molecule has 3 rings (SSSR count). The molecule has 130 valence electrons. The molecule has 0 saturated heterocycles. The van der Waals surface area contributed by atoms with Gasteiger partial charge < -0.3 is 14.8 Å². The first-order valence-electron chi connectivity index (χ1n) is 8.36.